The summed E-state index contributed by atoms with van der Waals surface area (Å²) in [6, 6.07) is 12.1. The summed E-state index contributed by atoms with van der Waals surface area (Å²) in [4.78, 5) is 24.9. The molecule has 1 amide bonds. The van der Waals surface area contributed by atoms with Crippen molar-refractivity contribution >= 4 is 17.2 Å². The van der Waals surface area contributed by atoms with Crippen LogP contribution in [0.4, 0.5) is 0 Å². The van der Waals surface area contributed by atoms with Gasteiger partial charge in [0.05, 0.1) is 5.69 Å². The Morgan fingerprint density at radius 2 is 1.85 bits per heavy atom. The molecule has 27 heavy (non-hydrogen) atoms. The van der Waals surface area contributed by atoms with Gasteiger partial charge >= 0.3 is 0 Å². The number of carbonyl (C=O) groups excluding carboxylic acids is 1. The zero-order valence-corrected chi connectivity index (χ0v) is 16.5. The van der Waals surface area contributed by atoms with Crippen LogP contribution in [-0.4, -0.2) is 33.9 Å². The van der Waals surface area contributed by atoms with Crippen molar-refractivity contribution in [3.8, 4) is 10.6 Å². The van der Waals surface area contributed by atoms with E-state index in [9.17, 15) is 4.79 Å². The Balaban J connectivity index is 1.47. The molecule has 5 heteroatoms. The van der Waals surface area contributed by atoms with E-state index in [1.54, 1.807) is 11.3 Å². The molecule has 0 saturated carbocycles. The van der Waals surface area contributed by atoms with Crippen molar-refractivity contribution in [1.82, 2.24) is 14.9 Å². The molecule has 1 saturated heterocycles. The maximum atomic E-state index is 13.0. The van der Waals surface area contributed by atoms with Gasteiger partial charge in [0.1, 0.15) is 5.01 Å². The SMILES string of the molecule is Cc1nc(-c2cccc(C(=O)N3CCC(c4ccncc4)CC3)c2)sc1C. The number of nitrogens with zero attached hydrogens (tertiary/aromatic N) is 3. The number of aryl methyl sites for hydroxylation is 2. The molecule has 4 nitrogen and oxygen atoms in total. The van der Waals surface area contributed by atoms with Crippen LogP contribution in [0.25, 0.3) is 10.6 Å². The van der Waals surface area contributed by atoms with E-state index in [1.165, 1.54) is 10.4 Å². The summed E-state index contributed by atoms with van der Waals surface area (Å²) in [5, 5.41) is 0.982. The monoisotopic (exact) mass is 377 g/mol. The van der Waals surface area contributed by atoms with Gasteiger partial charge < -0.3 is 4.90 Å². The van der Waals surface area contributed by atoms with Gasteiger partial charge in [-0.05, 0) is 62.4 Å². The lowest BCUT2D eigenvalue weighted by molar-refractivity contribution is 0.0713. The predicted molar refractivity (Wildman–Crippen MR) is 109 cm³/mol. The molecule has 0 bridgehead atoms. The third kappa shape index (κ3) is 3.78. The fourth-order valence-electron chi connectivity index (χ4n) is 3.62. The Hall–Kier alpha value is -2.53. The molecular formula is C22H23N3OS. The molecule has 138 valence electrons. The number of thiazole rings is 1. The summed E-state index contributed by atoms with van der Waals surface area (Å²) in [5.74, 6) is 0.639. The minimum Gasteiger partial charge on any atom is -0.339 e. The predicted octanol–water partition coefficient (Wildman–Crippen LogP) is 4.84. The number of pyridine rings is 1. The van der Waals surface area contributed by atoms with Crippen LogP contribution in [0.5, 0.6) is 0 Å². The Morgan fingerprint density at radius 3 is 2.52 bits per heavy atom. The lowest BCUT2D eigenvalue weighted by Crippen LogP contribution is -2.37. The van der Waals surface area contributed by atoms with Crippen molar-refractivity contribution in [1.29, 1.82) is 0 Å². The number of likely N-dealkylation sites (tertiary alicyclic amines) is 1. The second kappa shape index (κ2) is 7.61. The molecule has 0 radical (unpaired) electrons. The Kier molecular flexibility index (Phi) is 5.03. The fourth-order valence-corrected chi connectivity index (χ4v) is 4.53. The standard InChI is InChI=1S/C22H23N3OS/c1-15-16(2)27-21(24-15)19-4-3-5-20(14-19)22(26)25-12-8-18(9-13-25)17-6-10-23-11-7-17/h3-7,10-11,14,18H,8-9,12-13H2,1-2H3. The molecule has 3 aromatic rings. The molecule has 1 aliphatic heterocycles. The zero-order chi connectivity index (χ0) is 18.8. The van der Waals surface area contributed by atoms with E-state index in [0.29, 0.717) is 5.92 Å². The molecule has 0 unspecified atom stereocenters. The van der Waals surface area contributed by atoms with Crippen LogP contribution in [0.1, 0.15) is 45.3 Å². The lowest BCUT2D eigenvalue weighted by atomic mass is 9.90. The van der Waals surface area contributed by atoms with E-state index in [4.69, 9.17) is 0 Å². The number of aromatic nitrogens is 2. The summed E-state index contributed by atoms with van der Waals surface area (Å²) < 4.78 is 0. The number of benzene rings is 1. The van der Waals surface area contributed by atoms with E-state index >= 15 is 0 Å². The van der Waals surface area contributed by atoms with E-state index in [1.807, 2.05) is 48.5 Å². The maximum Gasteiger partial charge on any atom is 0.253 e. The molecule has 1 aromatic carbocycles. The highest BCUT2D eigenvalue weighted by molar-refractivity contribution is 7.15. The molecule has 0 spiro atoms. The van der Waals surface area contributed by atoms with Crippen LogP contribution in [0.2, 0.25) is 0 Å². The van der Waals surface area contributed by atoms with Gasteiger partial charge in [-0.3, -0.25) is 9.78 Å². The second-order valence-corrected chi connectivity index (χ2v) is 8.29. The fraction of sp³-hybridized carbons (Fsp3) is 0.318. The largest absolute Gasteiger partial charge is 0.339 e. The van der Waals surface area contributed by atoms with Crippen molar-refractivity contribution in [2.24, 2.45) is 0 Å². The third-order valence-electron chi connectivity index (χ3n) is 5.34. The molecule has 0 N–H and O–H groups in total. The van der Waals surface area contributed by atoms with Crippen LogP contribution in [0, 0.1) is 13.8 Å². The smallest absolute Gasteiger partial charge is 0.253 e. The average Bonchev–Trinajstić information content (AvgIpc) is 3.07. The minimum absolute atomic E-state index is 0.120. The second-order valence-electron chi connectivity index (χ2n) is 7.09. The zero-order valence-electron chi connectivity index (χ0n) is 15.7. The van der Waals surface area contributed by atoms with Gasteiger partial charge in [-0.15, -0.1) is 11.3 Å². The lowest BCUT2D eigenvalue weighted by Gasteiger charge is -2.32. The molecule has 1 aliphatic rings. The van der Waals surface area contributed by atoms with Crippen molar-refractivity contribution in [2.45, 2.75) is 32.6 Å². The summed E-state index contributed by atoms with van der Waals surface area (Å²) >= 11 is 1.68. The van der Waals surface area contributed by atoms with Crippen molar-refractivity contribution < 1.29 is 4.79 Å². The Bertz CT molecular complexity index is 924. The average molecular weight is 378 g/mol. The van der Waals surface area contributed by atoms with E-state index < -0.39 is 0 Å². The van der Waals surface area contributed by atoms with Crippen LogP contribution in [0.3, 0.4) is 0 Å². The van der Waals surface area contributed by atoms with Crippen LogP contribution in [0.15, 0.2) is 48.8 Å². The summed E-state index contributed by atoms with van der Waals surface area (Å²) in [6.45, 7) is 5.70. The molecule has 3 heterocycles. The first-order chi connectivity index (χ1) is 13.1. The molecular weight excluding hydrogens is 354 g/mol. The first kappa shape index (κ1) is 17.9. The highest BCUT2D eigenvalue weighted by atomic mass is 32.1. The molecule has 2 aromatic heterocycles. The van der Waals surface area contributed by atoms with Gasteiger partial charge in [-0.2, -0.15) is 0 Å². The third-order valence-corrected chi connectivity index (χ3v) is 6.47. The van der Waals surface area contributed by atoms with Gasteiger partial charge in [0.2, 0.25) is 0 Å². The van der Waals surface area contributed by atoms with Crippen molar-refractivity contribution in [3.63, 3.8) is 0 Å². The van der Waals surface area contributed by atoms with Crippen LogP contribution >= 0.6 is 11.3 Å². The van der Waals surface area contributed by atoms with Crippen molar-refractivity contribution in [2.75, 3.05) is 13.1 Å². The van der Waals surface area contributed by atoms with E-state index in [-0.39, 0.29) is 5.91 Å². The summed E-state index contributed by atoms with van der Waals surface area (Å²) in [7, 11) is 0. The molecule has 4 rings (SSSR count). The van der Waals surface area contributed by atoms with Gasteiger partial charge in [0, 0.05) is 41.5 Å². The highest BCUT2D eigenvalue weighted by Gasteiger charge is 2.24. The van der Waals surface area contributed by atoms with Gasteiger partial charge in [0.15, 0.2) is 0 Å². The van der Waals surface area contributed by atoms with Crippen molar-refractivity contribution in [3.05, 3.63) is 70.5 Å². The molecule has 1 fully saturated rings. The normalized spacial score (nSPS) is 15.1. The van der Waals surface area contributed by atoms with Crippen LogP contribution < -0.4 is 0 Å². The van der Waals surface area contributed by atoms with Crippen LogP contribution in [-0.2, 0) is 0 Å². The number of hydrogen-bond donors (Lipinski definition) is 0. The van der Waals surface area contributed by atoms with E-state index in [0.717, 1.165) is 47.8 Å². The Morgan fingerprint density at radius 1 is 1.11 bits per heavy atom. The van der Waals surface area contributed by atoms with Gasteiger partial charge in [-0.1, -0.05) is 12.1 Å². The van der Waals surface area contributed by atoms with Gasteiger partial charge in [-0.25, -0.2) is 4.98 Å². The minimum atomic E-state index is 0.120. The first-order valence-corrected chi connectivity index (χ1v) is 10.2. The molecule has 0 aliphatic carbocycles. The summed E-state index contributed by atoms with van der Waals surface area (Å²) in [6.07, 6.45) is 5.70. The van der Waals surface area contributed by atoms with Gasteiger partial charge in [0.25, 0.3) is 5.91 Å². The molecule has 0 atom stereocenters. The topological polar surface area (TPSA) is 46.1 Å². The quantitative estimate of drug-likeness (QED) is 0.656. The Labute approximate surface area is 163 Å². The van der Waals surface area contributed by atoms with E-state index in [2.05, 4.69) is 29.0 Å². The highest BCUT2D eigenvalue weighted by Crippen LogP contribution is 2.30. The number of hydrogen-bond acceptors (Lipinski definition) is 4. The number of amides is 1. The maximum absolute atomic E-state index is 13.0. The number of carbonyl (C=O) groups is 1. The number of rotatable bonds is 3. The summed E-state index contributed by atoms with van der Waals surface area (Å²) in [5.41, 5.74) is 4.16. The number of piperidine rings is 1. The first-order valence-electron chi connectivity index (χ1n) is 9.35.